The van der Waals surface area contributed by atoms with Crippen LogP contribution in [0.4, 0.5) is 11.4 Å². The van der Waals surface area contributed by atoms with E-state index >= 15 is 0 Å². The first-order valence-electron chi connectivity index (χ1n) is 7.61. The van der Waals surface area contributed by atoms with E-state index in [4.69, 9.17) is 27.9 Å². The number of hydrogen-bond acceptors (Lipinski definition) is 5. The van der Waals surface area contributed by atoms with Gasteiger partial charge in [-0.25, -0.2) is 4.68 Å². The van der Waals surface area contributed by atoms with Gasteiger partial charge in [0, 0.05) is 12.3 Å². The molecule has 1 heterocycles. The van der Waals surface area contributed by atoms with E-state index in [1.807, 2.05) is 0 Å². The van der Waals surface area contributed by atoms with Gasteiger partial charge in [0.1, 0.15) is 16.5 Å². The summed E-state index contributed by atoms with van der Waals surface area (Å²) >= 11 is 12.0. The molecule has 1 N–H and O–H groups in total. The summed E-state index contributed by atoms with van der Waals surface area (Å²) < 4.78 is 6.91. The molecule has 1 aromatic heterocycles. The lowest BCUT2D eigenvalue weighted by Crippen LogP contribution is -2.15. The van der Waals surface area contributed by atoms with Crippen molar-refractivity contribution in [3.8, 4) is 5.75 Å². The normalized spacial score (nSPS) is 10.4. The highest BCUT2D eigenvalue weighted by Gasteiger charge is 2.17. The molecule has 8 nitrogen and oxygen atoms in total. The van der Waals surface area contributed by atoms with E-state index < -0.39 is 10.8 Å². The van der Waals surface area contributed by atoms with Crippen molar-refractivity contribution in [1.82, 2.24) is 9.78 Å². The van der Waals surface area contributed by atoms with Gasteiger partial charge < -0.3 is 10.1 Å². The fourth-order valence-electron chi connectivity index (χ4n) is 2.21. The van der Waals surface area contributed by atoms with Crippen LogP contribution in [0.3, 0.4) is 0 Å². The molecule has 0 bridgehead atoms. The van der Waals surface area contributed by atoms with E-state index in [9.17, 15) is 14.9 Å². The zero-order valence-corrected chi connectivity index (χ0v) is 15.1. The molecule has 0 atom stereocenters. The minimum atomic E-state index is -0.580. The molecular formula is C17H12Cl2N4O4. The van der Waals surface area contributed by atoms with E-state index in [0.717, 1.165) is 0 Å². The van der Waals surface area contributed by atoms with Crippen molar-refractivity contribution < 1.29 is 14.5 Å². The lowest BCUT2D eigenvalue weighted by Gasteiger charge is -2.08. The number of nitrogens with zero attached hydrogens (tertiary/aromatic N) is 3. The van der Waals surface area contributed by atoms with Gasteiger partial charge in [-0.2, -0.15) is 5.10 Å². The molecule has 10 heteroatoms. The highest BCUT2D eigenvalue weighted by atomic mass is 35.5. The van der Waals surface area contributed by atoms with Crippen molar-refractivity contribution in [1.29, 1.82) is 0 Å². The molecule has 3 rings (SSSR count). The number of nitro groups is 1. The summed E-state index contributed by atoms with van der Waals surface area (Å²) in [6.07, 6.45) is 1.53. The number of nitrogens with one attached hydrogen (secondary N) is 1. The Hall–Kier alpha value is -3.10. The Balaban J connectivity index is 1.68. The lowest BCUT2D eigenvalue weighted by atomic mass is 10.2. The molecule has 0 radical (unpaired) electrons. The van der Waals surface area contributed by atoms with Gasteiger partial charge in [0.25, 0.3) is 11.6 Å². The van der Waals surface area contributed by atoms with Gasteiger partial charge in [0.2, 0.25) is 0 Å². The van der Waals surface area contributed by atoms with E-state index in [-0.39, 0.29) is 28.8 Å². The van der Waals surface area contributed by atoms with Gasteiger partial charge in [0.15, 0.2) is 12.4 Å². The van der Waals surface area contributed by atoms with Crippen LogP contribution in [0.25, 0.3) is 0 Å². The maximum Gasteiger partial charge on any atom is 0.292 e. The molecule has 0 fully saturated rings. The van der Waals surface area contributed by atoms with Crippen LogP contribution < -0.4 is 10.1 Å². The Morgan fingerprint density at radius 2 is 1.96 bits per heavy atom. The SMILES string of the molecule is O=C(Nc1ccccc1[N+](=O)[O-])c1ccn(COc2cccc(Cl)c2Cl)n1. The van der Waals surface area contributed by atoms with E-state index in [1.165, 1.54) is 35.1 Å². The first-order valence-corrected chi connectivity index (χ1v) is 8.36. The second kappa shape index (κ2) is 8.07. The summed E-state index contributed by atoms with van der Waals surface area (Å²) in [7, 11) is 0. The second-order valence-electron chi connectivity index (χ2n) is 5.29. The number of benzene rings is 2. The molecule has 138 valence electrons. The molecular weight excluding hydrogens is 395 g/mol. The third-order valence-corrected chi connectivity index (χ3v) is 4.29. The van der Waals surface area contributed by atoms with Crippen LogP contribution >= 0.6 is 23.2 Å². The van der Waals surface area contributed by atoms with Crippen molar-refractivity contribution in [2.24, 2.45) is 0 Å². The molecule has 27 heavy (non-hydrogen) atoms. The fourth-order valence-corrected chi connectivity index (χ4v) is 2.56. The van der Waals surface area contributed by atoms with Gasteiger partial charge in [-0.3, -0.25) is 14.9 Å². The standard InChI is InChI=1S/C17H12Cl2N4O4/c18-11-4-3-7-15(16(11)19)27-10-22-9-8-13(21-22)17(24)20-12-5-1-2-6-14(12)23(25)26/h1-9H,10H2,(H,20,24). The Morgan fingerprint density at radius 3 is 2.74 bits per heavy atom. The van der Waals surface area contributed by atoms with Gasteiger partial charge in [-0.15, -0.1) is 0 Å². The third kappa shape index (κ3) is 4.36. The van der Waals surface area contributed by atoms with Crippen LogP contribution in [-0.4, -0.2) is 20.6 Å². The maximum absolute atomic E-state index is 12.3. The van der Waals surface area contributed by atoms with Gasteiger partial charge in [-0.1, -0.05) is 41.4 Å². The van der Waals surface area contributed by atoms with E-state index in [1.54, 1.807) is 24.3 Å². The molecule has 0 saturated heterocycles. The Labute approximate surface area is 163 Å². The number of anilines is 1. The summed E-state index contributed by atoms with van der Waals surface area (Å²) in [6, 6.07) is 12.3. The molecule has 0 aliphatic heterocycles. The van der Waals surface area contributed by atoms with Crippen molar-refractivity contribution in [3.63, 3.8) is 0 Å². The number of halogens is 2. The number of aromatic nitrogens is 2. The topological polar surface area (TPSA) is 99.3 Å². The van der Waals surface area contributed by atoms with Crippen molar-refractivity contribution >= 4 is 40.5 Å². The molecule has 0 aliphatic carbocycles. The highest BCUT2D eigenvalue weighted by molar-refractivity contribution is 6.42. The Morgan fingerprint density at radius 1 is 1.19 bits per heavy atom. The monoisotopic (exact) mass is 406 g/mol. The minimum absolute atomic E-state index is 0.00116. The average molecular weight is 407 g/mol. The largest absolute Gasteiger partial charge is 0.470 e. The second-order valence-corrected chi connectivity index (χ2v) is 6.08. The molecule has 2 aromatic carbocycles. The predicted molar refractivity (Wildman–Crippen MR) is 100 cm³/mol. The number of carbonyl (C=O) groups is 1. The third-order valence-electron chi connectivity index (χ3n) is 3.49. The van der Waals surface area contributed by atoms with Crippen LogP contribution in [0.2, 0.25) is 10.0 Å². The van der Waals surface area contributed by atoms with Crippen molar-refractivity contribution in [2.75, 3.05) is 5.32 Å². The smallest absolute Gasteiger partial charge is 0.292 e. The number of nitro benzene ring substituents is 1. The highest BCUT2D eigenvalue weighted by Crippen LogP contribution is 2.31. The zero-order valence-electron chi connectivity index (χ0n) is 13.6. The van der Waals surface area contributed by atoms with Crippen molar-refractivity contribution in [2.45, 2.75) is 6.73 Å². The number of amides is 1. The van der Waals surface area contributed by atoms with E-state index in [0.29, 0.717) is 10.8 Å². The molecule has 0 unspecified atom stereocenters. The van der Waals surface area contributed by atoms with E-state index in [2.05, 4.69) is 10.4 Å². The lowest BCUT2D eigenvalue weighted by molar-refractivity contribution is -0.383. The van der Waals surface area contributed by atoms with Gasteiger partial charge >= 0.3 is 0 Å². The number of hydrogen-bond donors (Lipinski definition) is 1. The Kier molecular flexibility index (Phi) is 5.58. The molecule has 1 amide bonds. The summed E-state index contributed by atoms with van der Waals surface area (Å²) in [5.74, 6) is -0.200. The zero-order chi connectivity index (χ0) is 19.4. The van der Waals surface area contributed by atoms with Crippen LogP contribution in [0.5, 0.6) is 5.75 Å². The van der Waals surface area contributed by atoms with Crippen LogP contribution in [0.15, 0.2) is 54.7 Å². The molecule has 0 spiro atoms. The van der Waals surface area contributed by atoms with Crippen LogP contribution in [0, 0.1) is 10.1 Å². The number of carbonyl (C=O) groups excluding carboxylic acids is 1. The maximum atomic E-state index is 12.3. The summed E-state index contributed by atoms with van der Waals surface area (Å²) in [5.41, 5.74) is -0.0397. The van der Waals surface area contributed by atoms with Crippen LogP contribution in [-0.2, 0) is 6.73 Å². The fraction of sp³-hybridized carbons (Fsp3) is 0.0588. The van der Waals surface area contributed by atoms with Gasteiger partial charge in [-0.05, 0) is 24.3 Å². The predicted octanol–water partition coefficient (Wildman–Crippen LogP) is 4.39. The summed E-state index contributed by atoms with van der Waals surface area (Å²) in [4.78, 5) is 22.7. The number of rotatable bonds is 6. The molecule has 0 saturated carbocycles. The minimum Gasteiger partial charge on any atom is -0.470 e. The summed E-state index contributed by atoms with van der Waals surface area (Å²) in [6.45, 7) is -0.00116. The summed E-state index contributed by atoms with van der Waals surface area (Å²) in [5, 5.41) is 18.2. The van der Waals surface area contributed by atoms with Crippen LogP contribution in [0.1, 0.15) is 10.5 Å². The Bertz CT molecular complexity index is 1010. The molecule has 3 aromatic rings. The first kappa shape index (κ1) is 18.7. The average Bonchev–Trinajstić information content (AvgIpc) is 3.12. The number of para-hydroxylation sites is 2. The quantitative estimate of drug-likeness (QED) is 0.483. The molecule has 0 aliphatic rings. The van der Waals surface area contributed by atoms with Crippen molar-refractivity contribution in [3.05, 3.63) is 80.6 Å². The first-order chi connectivity index (χ1) is 13.0. The van der Waals surface area contributed by atoms with Gasteiger partial charge in [0.05, 0.1) is 9.95 Å². The number of ether oxygens (including phenoxy) is 1.